The largest absolute Gasteiger partial charge is 0.490 e. The fraction of sp³-hybridized carbons (Fsp3) is 0.522. The van der Waals surface area contributed by atoms with E-state index in [4.69, 9.17) is 25.5 Å². The van der Waals surface area contributed by atoms with E-state index in [1.807, 2.05) is 0 Å². The number of aliphatic imine (C=N–C) groups is 1. The third-order valence-corrected chi connectivity index (χ3v) is 12.4. The Balaban J connectivity index is 1.04. The Hall–Kier alpha value is -3.42. The van der Waals surface area contributed by atoms with Crippen LogP contribution in [0.2, 0.25) is 0 Å². The number of aromatic amines is 1. The summed E-state index contributed by atoms with van der Waals surface area (Å²) in [5.41, 5.74) is 11.6. The van der Waals surface area contributed by atoms with Gasteiger partial charge in [-0.25, -0.2) is 23.2 Å². The number of nitrogens with zero attached hydrogens (tertiary/aromatic N) is 6. The molecule has 286 valence electrons. The molecule has 0 saturated carbocycles. The Morgan fingerprint density at radius 2 is 1.62 bits per heavy atom. The Bertz CT molecular complexity index is 2140. The van der Waals surface area contributed by atoms with Gasteiger partial charge in [-0.3, -0.25) is 28.0 Å². The topological polar surface area (TPSA) is 377 Å². The summed E-state index contributed by atoms with van der Waals surface area (Å²) in [7, 11) is -15.6. The van der Waals surface area contributed by atoms with Crippen molar-refractivity contribution in [3.8, 4) is 0 Å². The molecule has 52 heavy (non-hydrogen) atoms. The number of ether oxygens (including phenoxy) is 2. The first kappa shape index (κ1) is 38.3. The molecule has 26 nitrogen and oxygen atoms in total. The van der Waals surface area contributed by atoms with Crippen molar-refractivity contribution in [3.63, 3.8) is 0 Å². The van der Waals surface area contributed by atoms with Gasteiger partial charge >= 0.3 is 29.1 Å². The van der Waals surface area contributed by atoms with Gasteiger partial charge in [0, 0.05) is 5.92 Å². The number of phosphoric acid groups is 3. The molecule has 6 heterocycles. The zero-order valence-corrected chi connectivity index (χ0v) is 29.5. The maximum Gasteiger partial charge on any atom is 0.490 e. The van der Waals surface area contributed by atoms with E-state index in [0.29, 0.717) is 0 Å². The van der Waals surface area contributed by atoms with Crippen molar-refractivity contribution in [1.82, 2.24) is 29.4 Å². The molecule has 0 bridgehead atoms. The molecule has 5 unspecified atom stereocenters. The van der Waals surface area contributed by atoms with Crippen molar-refractivity contribution >= 4 is 58.1 Å². The van der Waals surface area contributed by atoms with Crippen LogP contribution in [0, 0.1) is 5.92 Å². The van der Waals surface area contributed by atoms with E-state index < -0.39 is 91.1 Å². The second-order valence-corrected chi connectivity index (χ2v) is 16.4. The number of fused-ring (bicyclic) bond motifs is 2. The van der Waals surface area contributed by atoms with Crippen molar-refractivity contribution in [2.75, 3.05) is 18.9 Å². The van der Waals surface area contributed by atoms with E-state index in [1.54, 1.807) is 14.0 Å². The Labute approximate surface area is 290 Å². The number of nitrogens with one attached hydrogen (secondary N) is 2. The lowest BCUT2D eigenvalue weighted by Gasteiger charge is -2.21. The number of nitrogen functional groups attached to an aromatic ring is 1. The van der Waals surface area contributed by atoms with E-state index in [0.717, 1.165) is 0 Å². The van der Waals surface area contributed by atoms with Gasteiger partial charge in [-0.2, -0.15) is 13.6 Å². The Morgan fingerprint density at radius 3 is 2.25 bits per heavy atom. The molecular formula is C23H34N10O16P3+. The zero-order chi connectivity index (χ0) is 38.1. The number of nitrogens with two attached hydrogens (primary N) is 2. The second kappa shape index (κ2) is 13.8. The molecule has 29 heteroatoms. The molecule has 6 rings (SSSR count). The van der Waals surface area contributed by atoms with Crippen LogP contribution < -0.4 is 26.9 Å². The number of hydrogen-bond donors (Lipinski definition) is 10. The van der Waals surface area contributed by atoms with Gasteiger partial charge in [0.2, 0.25) is 5.52 Å². The van der Waals surface area contributed by atoms with Gasteiger partial charge in [0.15, 0.2) is 30.6 Å². The molecular weight excluding hydrogens is 765 g/mol. The fourth-order valence-corrected chi connectivity index (χ4v) is 9.30. The van der Waals surface area contributed by atoms with E-state index >= 15 is 0 Å². The van der Waals surface area contributed by atoms with Crippen LogP contribution in [0.15, 0.2) is 29.0 Å². The molecule has 0 spiro atoms. The minimum Gasteiger partial charge on any atom is -0.390 e. The first-order valence-electron chi connectivity index (χ1n) is 14.9. The van der Waals surface area contributed by atoms with Gasteiger partial charge in [0.1, 0.15) is 30.1 Å². The monoisotopic (exact) mass is 799 g/mol. The number of anilines is 1. The summed E-state index contributed by atoms with van der Waals surface area (Å²) in [5, 5.41) is 34.5. The molecule has 2 saturated heterocycles. The average Bonchev–Trinajstić information content (AvgIpc) is 3.74. The summed E-state index contributed by atoms with van der Waals surface area (Å²) in [6.45, 7) is 3.37. The highest BCUT2D eigenvalue weighted by Crippen LogP contribution is 2.68. The van der Waals surface area contributed by atoms with Crippen molar-refractivity contribution in [1.29, 1.82) is 0 Å². The summed E-state index contributed by atoms with van der Waals surface area (Å²) in [6.07, 6.45) is -7.36. The van der Waals surface area contributed by atoms with Crippen molar-refractivity contribution in [2.45, 2.75) is 49.9 Å². The molecule has 0 aliphatic carbocycles. The summed E-state index contributed by atoms with van der Waals surface area (Å²) in [4.78, 5) is 57.2. The number of aliphatic hydroxyl groups is 3. The van der Waals surface area contributed by atoms with Crippen LogP contribution in [0.5, 0.6) is 0 Å². The minimum absolute atomic E-state index is 0.0495. The van der Waals surface area contributed by atoms with E-state index in [-0.39, 0.29) is 40.3 Å². The minimum atomic E-state index is -5.93. The molecule has 3 aliphatic heterocycles. The number of H-pyrrole nitrogens is 1. The predicted molar refractivity (Wildman–Crippen MR) is 170 cm³/mol. The van der Waals surface area contributed by atoms with Crippen LogP contribution in [-0.2, 0) is 47.9 Å². The SMILES string of the molecule is C=C1NC(N)=Nc2c1ncn2[C@@H]1OC(COP(=O)(O)OP(=O)(O)OP(=O)(O)OC[C@H]2OC([n+]3cn(C)c4c(=O)[nH]c(N)nc43)[C@@H](C)[C@@H]2O)[C@@H](O)[C@H]1O. The number of hydrogen-bond acceptors (Lipinski definition) is 19. The number of aliphatic hydroxyl groups excluding tert-OH is 3. The quantitative estimate of drug-likeness (QED) is 0.0664. The highest BCUT2D eigenvalue weighted by atomic mass is 31.3. The lowest BCUT2D eigenvalue weighted by atomic mass is 10.0. The molecule has 0 radical (unpaired) electrons. The van der Waals surface area contributed by atoms with Crippen LogP contribution in [0.3, 0.4) is 0 Å². The van der Waals surface area contributed by atoms with Crippen LogP contribution in [0.4, 0.5) is 11.8 Å². The average molecular weight is 800 g/mol. The molecule has 2 fully saturated rings. The van der Waals surface area contributed by atoms with Gasteiger partial charge in [-0.05, 0) is 0 Å². The van der Waals surface area contributed by atoms with Crippen LogP contribution in [-0.4, -0.2) is 104 Å². The number of aryl methyl sites for hydroxylation is 1. The molecule has 3 aliphatic rings. The molecule has 0 aromatic carbocycles. The normalized spacial score (nSPS) is 31.1. The first-order valence-corrected chi connectivity index (χ1v) is 19.3. The molecule has 12 N–H and O–H groups in total. The number of aromatic nitrogens is 6. The smallest absolute Gasteiger partial charge is 0.390 e. The highest BCUT2D eigenvalue weighted by Gasteiger charge is 2.49. The van der Waals surface area contributed by atoms with Gasteiger partial charge < -0.3 is 56.3 Å². The maximum atomic E-state index is 12.6. The third kappa shape index (κ3) is 7.50. The van der Waals surface area contributed by atoms with E-state index in [9.17, 15) is 48.5 Å². The number of guanidine groups is 1. The third-order valence-electron chi connectivity index (χ3n) is 8.13. The van der Waals surface area contributed by atoms with Crippen LogP contribution in [0.25, 0.3) is 16.9 Å². The molecule has 3 aromatic heterocycles. The molecule has 3 aromatic rings. The summed E-state index contributed by atoms with van der Waals surface area (Å²) >= 11 is 0. The first-order chi connectivity index (χ1) is 24.2. The van der Waals surface area contributed by atoms with Gasteiger partial charge in [0.05, 0.1) is 38.4 Å². The lowest BCUT2D eigenvalue weighted by molar-refractivity contribution is -0.745. The number of rotatable bonds is 12. The maximum absolute atomic E-state index is 12.6. The van der Waals surface area contributed by atoms with E-state index in [2.05, 4.69) is 45.0 Å². The van der Waals surface area contributed by atoms with Gasteiger partial charge in [0.25, 0.3) is 11.5 Å². The molecule has 11 atom stereocenters. The summed E-state index contributed by atoms with van der Waals surface area (Å²) < 4.78 is 70.6. The van der Waals surface area contributed by atoms with E-state index in [1.165, 1.54) is 26.4 Å². The van der Waals surface area contributed by atoms with Gasteiger partial charge in [-0.1, -0.05) is 18.5 Å². The van der Waals surface area contributed by atoms with Crippen LogP contribution >= 0.6 is 23.5 Å². The zero-order valence-electron chi connectivity index (χ0n) is 26.8. The second-order valence-electron chi connectivity index (χ2n) is 11.8. The predicted octanol–water partition coefficient (Wildman–Crippen LogP) is -2.57. The number of phosphoric ester groups is 2. The standard InChI is InChI=1S/C23H33N10O16P3/c1-8-14(34)10(46-20(8)33-7-31(3)13-18(33)29-23(25)30-19(13)37)4-44-50(38,39)48-52(42,43)49-51(40,41)45-5-11-15(35)16(36)21(47-11)32-6-26-12-9(2)27-22(24)28-17(12)32/h6-8,10-11,14-16,20-21,34-36H,2,4-5H2,1,3H3,(H8-,24,25,27,28,29,30,37,38,39,40,41,42,43)/p+1/t8-,10+,11?,14-,15+,16+,20?,21+/m0/s1. The summed E-state index contributed by atoms with van der Waals surface area (Å²) in [5.74, 6) is -0.865. The fourth-order valence-electron chi connectivity index (χ4n) is 5.78. The van der Waals surface area contributed by atoms with Crippen molar-refractivity contribution < 1.29 is 75.4 Å². The van der Waals surface area contributed by atoms with Crippen molar-refractivity contribution in [2.24, 2.45) is 23.7 Å². The van der Waals surface area contributed by atoms with Crippen molar-refractivity contribution in [3.05, 3.63) is 35.3 Å². The Morgan fingerprint density at radius 1 is 1.00 bits per heavy atom. The lowest BCUT2D eigenvalue weighted by Crippen LogP contribution is -2.42. The van der Waals surface area contributed by atoms with Crippen LogP contribution in [0.1, 0.15) is 25.1 Å². The highest BCUT2D eigenvalue weighted by molar-refractivity contribution is 7.66. The number of imidazole rings is 2. The summed E-state index contributed by atoms with van der Waals surface area (Å²) in [6, 6.07) is 0. The molecule has 0 amide bonds. The van der Waals surface area contributed by atoms with Gasteiger partial charge in [-0.15, -0.1) is 0 Å². The Kier molecular flexibility index (Phi) is 10.1.